The van der Waals surface area contributed by atoms with E-state index in [-0.39, 0.29) is 12.0 Å². The largest absolute Gasteiger partial charge is 0.480 e. The molecule has 5 aromatic carbocycles. The Kier molecular flexibility index (Phi) is 8.68. The number of carbonyl (C=O) groups is 2. The molecule has 0 bridgehead atoms. The number of carbonyl (C=O) groups excluding carboxylic acids is 1. The van der Waals surface area contributed by atoms with Crippen LogP contribution >= 0.6 is 11.6 Å². The van der Waals surface area contributed by atoms with Crippen molar-refractivity contribution in [2.45, 2.75) is 25.2 Å². The van der Waals surface area contributed by atoms with E-state index in [2.05, 4.69) is 10.6 Å². The molecule has 9 heteroatoms. The molecule has 0 aromatic heterocycles. The van der Waals surface area contributed by atoms with Gasteiger partial charge >= 0.3 is 12.1 Å². The van der Waals surface area contributed by atoms with Crippen LogP contribution in [0, 0.1) is 0 Å². The molecule has 3 N–H and O–H groups in total. The highest BCUT2D eigenvalue weighted by Gasteiger charge is 2.30. The quantitative estimate of drug-likeness (QED) is 0.159. The lowest BCUT2D eigenvalue weighted by molar-refractivity contribution is -0.139. The van der Waals surface area contributed by atoms with Crippen LogP contribution in [0.25, 0.3) is 21.9 Å². The third kappa shape index (κ3) is 7.16. The lowest BCUT2D eigenvalue weighted by atomic mass is 9.99. The van der Waals surface area contributed by atoms with Crippen LogP contribution < -0.4 is 10.6 Å². The highest BCUT2D eigenvalue weighted by atomic mass is 35.5. The SMILES string of the molecule is O=C(N[C@@H](Cc1ccc(-c2ccc(C(F)(F)F)cc2)cc1)C(=O)O)c1cc(Cl)ccc1NCc1cccc2ccccc12. The number of hydrogen-bond acceptors (Lipinski definition) is 3. The van der Waals surface area contributed by atoms with E-state index in [0.29, 0.717) is 33.9 Å². The first-order chi connectivity index (χ1) is 20.6. The third-order valence-electron chi connectivity index (χ3n) is 7.12. The molecule has 0 radical (unpaired) electrons. The van der Waals surface area contributed by atoms with Crippen molar-refractivity contribution >= 4 is 39.9 Å². The summed E-state index contributed by atoms with van der Waals surface area (Å²) < 4.78 is 38.6. The van der Waals surface area contributed by atoms with Crippen molar-refractivity contribution in [3.63, 3.8) is 0 Å². The lowest BCUT2D eigenvalue weighted by Crippen LogP contribution is -2.42. The van der Waals surface area contributed by atoms with E-state index in [1.165, 1.54) is 18.2 Å². The van der Waals surface area contributed by atoms with Crippen molar-refractivity contribution in [3.05, 3.63) is 136 Å². The maximum atomic E-state index is 13.3. The van der Waals surface area contributed by atoms with E-state index >= 15 is 0 Å². The number of benzene rings is 5. The van der Waals surface area contributed by atoms with Gasteiger partial charge in [-0.3, -0.25) is 4.79 Å². The molecule has 43 heavy (non-hydrogen) atoms. The number of alkyl halides is 3. The second-order valence-corrected chi connectivity index (χ2v) is 10.5. The van der Waals surface area contributed by atoms with E-state index in [9.17, 15) is 27.9 Å². The Morgan fingerprint density at radius 2 is 1.47 bits per heavy atom. The van der Waals surface area contributed by atoms with E-state index in [1.54, 1.807) is 36.4 Å². The minimum Gasteiger partial charge on any atom is -0.480 e. The zero-order valence-electron chi connectivity index (χ0n) is 22.7. The molecule has 0 aliphatic heterocycles. The zero-order chi connectivity index (χ0) is 30.6. The molecule has 1 amide bonds. The maximum absolute atomic E-state index is 13.3. The first-order valence-electron chi connectivity index (χ1n) is 13.4. The van der Waals surface area contributed by atoms with Gasteiger partial charge < -0.3 is 15.7 Å². The summed E-state index contributed by atoms with van der Waals surface area (Å²) in [6, 6.07) is 29.1. The Labute approximate surface area is 250 Å². The van der Waals surface area contributed by atoms with Crippen LogP contribution in [0.5, 0.6) is 0 Å². The van der Waals surface area contributed by atoms with Crippen molar-refractivity contribution in [1.82, 2.24) is 5.32 Å². The fourth-order valence-electron chi connectivity index (χ4n) is 4.85. The number of hydrogen-bond donors (Lipinski definition) is 3. The fraction of sp³-hybridized carbons (Fsp3) is 0.118. The number of anilines is 1. The number of fused-ring (bicyclic) bond motifs is 1. The molecule has 0 aliphatic carbocycles. The number of amides is 1. The van der Waals surface area contributed by atoms with Gasteiger partial charge in [-0.1, -0.05) is 90.5 Å². The Balaban J connectivity index is 1.29. The molecule has 5 nitrogen and oxygen atoms in total. The predicted octanol–water partition coefficient (Wildman–Crippen LogP) is 8.22. The number of carboxylic acid groups (broad SMARTS) is 1. The summed E-state index contributed by atoms with van der Waals surface area (Å²) in [5.74, 6) is -1.82. The molecule has 0 saturated carbocycles. The molecule has 1 atom stereocenters. The highest BCUT2D eigenvalue weighted by molar-refractivity contribution is 6.31. The summed E-state index contributed by atoms with van der Waals surface area (Å²) in [4.78, 5) is 25.4. The zero-order valence-corrected chi connectivity index (χ0v) is 23.4. The molecule has 0 saturated heterocycles. The minimum atomic E-state index is -4.42. The second kappa shape index (κ2) is 12.6. The van der Waals surface area contributed by atoms with Crippen molar-refractivity contribution in [3.8, 4) is 11.1 Å². The molecule has 0 fully saturated rings. The smallest absolute Gasteiger partial charge is 0.416 e. The monoisotopic (exact) mass is 602 g/mol. The van der Waals surface area contributed by atoms with Crippen LogP contribution in [0.3, 0.4) is 0 Å². The summed E-state index contributed by atoms with van der Waals surface area (Å²) in [5, 5.41) is 18.3. The van der Waals surface area contributed by atoms with Gasteiger partial charge in [-0.15, -0.1) is 0 Å². The number of halogens is 4. The van der Waals surface area contributed by atoms with Crippen molar-refractivity contribution in [2.24, 2.45) is 0 Å². The topological polar surface area (TPSA) is 78.4 Å². The minimum absolute atomic E-state index is 0.00625. The Morgan fingerprint density at radius 1 is 0.814 bits per heavy atom. The lowest BCUT2D eigenvalue weighted by Gasteiger charge is -2.18. The van der Waals surface area contributed by atoms with Gasteiger partial charge in [0, 0.05) is 23.7 Å². The average Bonchev–Trinajstić information content (AvgIpc) is 3.00. The van der Waals surface area contributed by atoms with Gasteiger partial charge in [-0.2, -0.15) is 13.2 Å². The van der Waals surface area contributed by atoms with Crippen LogP contribution in [0.15, 0.2) is 109 Å². The second-order valence-electron chi connectivity index (χ2n) is 10.0. The number of nitrogens with one attached hydrogen (secondary N) is 2. The molecular formula is C34H26ClF3N2O3. The van der Waals surface area contributed by atoms with Gasteiger partial charge in [0.25, 0.3) is 5.91 Å². The van der Waals surface area contributed by atoms with Gasteiger partial charge in [0.05, 0.1) is 11.1 Å². The summed E-state index contributed by atoms with van der Waals surface area (Å²) in [5.41, 5.74) is 2.89. The summed E-state index contributed by atoms with van der Waals surface area (Å²) in [6.07, 6.45) is -4.43. The van der Waals surface area contributed by atoms with E-state index in [1.807, 2.05) is 42.5 Å². The van der Waals surface area contributed by atoms with Crippen LogP contribution in [0.1, 0.15) is 27.0 Å². The van der Waals surface area contributed by atoms with Gasteiger partial charge in [0.2, 0.25) is 0 Å². The van der Waals surface area contributed by atoms with Crippen LogP contribution in [0.4, 0.5) is 18.9 Å². The van der Waals surface area contributed by atoms with Gasteiger partial charge in [0.1, 0.15) is 6.04 Å². The van der Waals surface area contributed by atoms with Gasteiger partial charge in [0.15, 0.2) is 0 Å². The summed E-state index contributed by atoms with van der Waals surface area (Å²) >= 11 is 6.20. The van der Waals surface area contributed by atoms with Crippen LogP contribution in [-0.2, 0) is 23.9 Å². The normalized spacial score (nSPS) is 12.1. The van der Waals surface area contributed by atoms with Gasteiger partial charge in [-0.25, -0.2) is 4.79 Å². The average molecular weight is 603 g/mol. The first kappa shape index (κ1) is 29.7. The number of aliphatic carboxylic acids is 1. The van der Waals surface area contributed by atoms with Crippen LogP contribution in [-0.4, -0.2) is 23.0 Å². The molecular weight excluding hydrogens is 577 g/mol. The molecule has 0 aliphatic rings. The Hall–Kier alpha value is -4.82. The molecule has 0 heterocycles. The summed E-state index contributed by atoms with van der Waals surface area (Å²) in [6.45, 7) is 0.427. The molecule has 0 unspecified atom stereocenters. The Bertz CT molecular complexity index is 1770. The Morgan fingerprint density at radius 3 is 2.14 bits per heavy atom. The number of carboxylic acids is 1. The first-order valence-corrected chi connectivity index (χ1v) is 13.8. The van der Waals surface area contributed by atoms with Crippen LogP contribution in [0.2, 0.25) is 5.02 Å². The predicted molar refractivity (Wildman–Crippen MR) is 162 cm³/mol. The summed E-state index contributed by atoms with van der Waals surface area (Å²) in [7, 11) is 0. The third-order valence-corrected chi connectivity index (χ3v) is 7.35. The highest BCUT2D eigenvalue weighted by Crippen LogP contribution is 2.31. The number of rotatable bonds is 9. The van der Waals surface area contributed by atoms with Crippen molar-refractivity contribution < 1.29 is 27.9 Å². The van der Waals surface area contributed by atoms with Crippen molar-refractivity contribution in [2.75, 3.05) is 5.32 Å². The molecule has 218 valence electrons. The van der Waals surface area contributed by atoms with E-state index in [0.717, 1.165) is 28.5 Å². The molecule has 5 aromatic rings. The van der Waals surface area contributed by atoms with Crippen molar-refractivity contribution in [1.29, 1.82) is 0 Å². The maximum Gasteiger partial charge on any atom is 0.416 e. The van der Waals surface area contributed by atoms with E-state index < -0.39 is 29.7 Å². The standard InChI is InChI=1S/C34H26ClF3N2O3/c35-27-16-17-30(39-20-25-6-3-5-24-4-1-2-7-28(24)25)29(19-27)32(41)40-31(33(42)43)18-21-8-10-22(11-9-21)23-12-14-26(15-13-23)34(36,37)38/h1-17,19,31,39H,18,20H2,(H,40,41)(H,42,43)/t31-/m0/s1. The van der Waals surface area contributed by atoms with E-state index in [4.69, 9.17) is 11.6 Å². The fourth-order valence-corrected chi connectivity index (χ4v) is 5.02. The van der Waals surface area contributed by atoms with Gasteiger partial charge in [-0.05, 0) is 63.4 Å². The molecule has 0 spiro atoms. The molecule has 5 rings (SSSR count).